The fourth-order valence-electron chi connectivity index (χ4n) is 3.78. The SMILES string of the molecule is CCCn1c(C(C)N(CCN(C)C)C(=O)Nc2cccc(C)c2)nc2ccccc2c1=O. The van der Waals surface area contributed by atoms with Crippen LogP contribution < -0.4 is 10.9 Å². The second-order valence-electron chi connectivity index (χ2n) is 8.42. The highest BCUT2D eigenvalue weighted by Gasteiger charge is 2.26. The van der Waals surface area contributed by atoms with E-state index in [0.29, 0.717) is 36.4 Å². The smallest absolute Gasteiger partial charge is 0.313 e. The summed E-state index contributed by atoms with van der Waals surface area (Å²) < 4.78 is 1.72. The summed E-state index contributed by atoms with van der Waals surface area (Å²) in [6.45, 7) is 7.71. The molecule has 1 N–H and O–H groups in total. The molecule has 2 amide bonds. The zero-order chi connectivity index (χ0) is 23.3. The minimum absolute atomic E-state index is 0.0639. The Morgan fingerprint density at radius 1 is 1.12 bits per heavy atom. The van der Waals surface area contributed by atoms with E-state index < -0.39 is 0 Å². The molecule has 3 aromatic rings. The van der Waals surface area contributed by atoms with E-state index in [4.69, 9.17) is 4.98 Å². The molecule has 2 aromatic carbocycles. The molecule has 0 spiro atoms. The maximum atomic E-state index is 13.4. The van der Waals surface area contributed by atoms with Crippen LogP contribution >= 0.6 is 0 Å². The number of fused-ring (bicyclic) bond motifs is 1. The number of nitrogens with zero attached hydrogens (tertiary/aromatic N) is 4. The highest BCUT2D eigenvalue weighted by molar-refractivity contribution is 5.89. The molecule has 170 valence electrons. The number of likely N-dealkylation sites (N-methyl/N-ethyl adjacent to an activating group) is 1. The molecule has 0 aliphatic heterocycles. The van der Waals surface area contributed by atoms with Crippen molar-refractivity contribution >= 4 is 22.6 Å². The van der Waals surface area contributed by atoms with Gasteiger partial charge < -0.3 is 15.1 Å². The predicted molar refractivity (Wildman–Crippen MR) is 130 cm³/mol. The standard InChI is InChI=1S/C25H33N5O2/c1-6-14-30-23(27-22-13-8-7-12-21(22)24(30)31)19(3)29(16-15-28(4)5)25(32)26-20-11-9-10-18(2)17-20/h7-13,17,19H,6,14-16H2,1-5H3,(H,26,32). The molecule has 1 heterocycles. The maximum absolute atomic E-state index is 13.4. The third-order valence-corrected chi connectivity index (χ3v) is 5.50. The van der Waals surface area contributed by atoms with Crippen LogP contribution in [0.3, 0.4) is 0 Å². The second-order valence-corrected chi connectivity index (χ2v) is 8.42. The number of carbonyl (C=O) groups is 1. The predicted octanol–water partition coefficient (Wildman–Crippen LogP) is 4.27. The Hall–Kier alpha value is -3.19. The minimum atomic E-state index is -0.386. The molecule has 32 heavy (non-hydrogen) atoms. The molecular formula is C25H33N5O2. The molecule has 0 saturated heterocycles. The van der Waals surface area contributed by atoms with Gasteiger partial charge in [-0.15, -0.1) is 0 Å². The number of urea groups is 1. The number of anilines is 1. The van der Waals surface area contributed by atoms with Crippen LogP contribution in [0.2, 0.25) is 0 Å². The lowest BCUT2D eigenvalue weighted by Crippen LogP contribution is -2.43. The van der Waals surface area contributed by atoms with Crippen molar-refractivity contribution in [3.05, 3.63) is 70.3 Å². The summed E-state index contributed by atoms with van der Waals surface area (Å²) in [5.41, 5.74) is 2.41. The molecule has 0 fully saturated rings. The summed E-state index contributed by atoms with van der Waals surface area (Å²) in [6.07, 6.45) is 0.798. The fourth-order valence-corrected chi connectivity index (χ4v) is 3.78. The zero-order valence-corrected chi connectivity index (χ0v) is 19.6. The van der Waals surface area contributed by atoms with Crippen molar-refractivity contribution < 1.29 is 4.79 Å². The summed E-state index contributed by atoms with van der Waals surface area (Å²) >= 11 is 0. The van der Waals surface area contributed by atoms with E-state index in [9.17, 15) is 9.59 Å². The van der Waals surface area contributed by atoms with E-state index in [1.807, 2.05) is 82.2 Å². The van der Waals surface area contributed by atoms with E-state index in [1.54, 1.807) is 15.5 Å². The third-order valence-electron chi connectivity index (χ3n) is 5.50. The average Bonchev–Trinajstić information content (AvgIpc) is 2.75. The lowest BCUT2D eigenvalue weighted by atomic mass is 10.2. The van der Waals surface area contributed by atoms with Gasteiger partial charge in [-0.2, -0.15) is 0 Å². The number of benzene rings is 2. The molecular weight excluding hydrogens is 402 g/mol. The van der Waals surface area contributed by atoms with E-state index in [1.165, 1.54) is 0 Å². The summed E-state index contributed by atoms with van der Waals surface area (Å²) in [6, 6.07) is 14.5. The van der Waals surface area contributed by atoms with E-state index in [-0.39, 0.29) is 17.6 Å². The van der Waals surface area contributed by atoms with E-state index >= 15 is 0 Å². The monoisotopic (exact) mass is 435 g/mol. The Bertz CT molecular complexity index is 1140. The molecule has 1 aromatic heterocycles. The topological polar surface area (TPSA) is 70.5 Å². The first kappa shape index (κ1) is 23.5. The van der Waals surface area contributed by atoms with Crippen LogP contribution in [0.25, 0.3) is 10.9 Å². The zero-order valence-electron chi connectivity index (χ0n) is 19.6. The fraction of sp³-hybridized carbons (Fsp3) is 0.400. The summed E-state index contributed by atoms with van der Waals surface area (Å²) in [7, 11) is 3.95. The van der Waals surface area contributed by atoms with E-state index in [0.717, 1.165) is 17.7 Å². The summed E-state index contributed by atoms with van der Waals surface area (Å²) in [5.74, 6) is 0.605. The number of para-hydroxylation sites is 1. The molecule has 0 aliphatic carbocycles. The lowest BCUT2D eigenvalue weighted by molar-refractivity contribution is 0.180. The van der Waals surface area contributed by atoms with Crippen molar-refractivity contribution in [2.24, 2.45) is 0 Å². The van der Waals surface area contributed by atoms with E-state index in [2.05, 4.69) is 5.32 Å². The molecule has 0 saturated carbocycles. The number of amides is 2. The van der Waals surface area contributed by atoms with Crippen molar-refractivity contribution in [3.8, 4) is 0 Å². The average molecular weight is 436 g/mol. The minimum Gasteiger partial charge on any atom is -0.313 e. The van der Waals surface area contributed by atoms with Crippen molar-refractivity contribution in [2.75, 3.05) is 32.5 Å². The molecule has 0 aliphatic rings. The Balaban J connectivity index is 2.02. The van der Waals surface area contributed by atoms with Gasteiger partial charge in [0.25, 0.3) is 5.56 Å². The summed E-state index contributed by atoms with van der Waals surface area (Å²) in [4.78, 5) is 35.2. The Kier molecular flexibility index (Phi) is 7.64. The second kappa shape index (κ2) is 10.4. The van der Waals surface area contributed by atoms with Crippen molar-refractivity contribution in [2.45, 2.75) is 39.8 Å². The van der Waals surface area contributed by atoms with Gasteiger partial charge in [0.15, 0.2) is 0 Å². The van der Waals surface area contributed by atoms with Gasteiger partial charge in [-0.05, 0) is 64.2 Å². The molecule has 7 nitrogen and oxygen atoms in total. The van der Waals surface area contributed by atoms with Crippen LogP contribution in [0.15, 0.2) is 53.3 Å². The summed E-state index contributed by atoms with van der Waals surface area (Å²) in [5, 5.41) is 3.61. The Morgan fingerprint density at radius 3 is 2.56 bits per heavy atom. The van der Waals surface area contributed by atoms with Crippen LogP contribution in [0, 0.1) is 6.92 Å². The van der Waals surface area contributed by atoms with Gasteiger partial charge in [0.1, 0.15) is 5.82 Å². The quantitative estimate of drug-likeness (QED) is 0.574. The number of hydrogen-bond donors (Lipinski definition) is 1. The van der Waals surface area contributed by atoms with Gasteiger partial charge in [0, 0.05) is 25.3 Å². The highest BCUT2D eigenvalue weighted by Crippen LogP contribution is 2.22. The van der Waals surface area contributed by atoms with Crippen molar-refractivity contribution in [3.63, 3.8) is 0 Å². The maximum Gasteiger partial charge on any atom is 0.322 e. The first-order valence-corrected chi connectivity index (χ1v) is 11.1. The first-order chi connectivity index (χ1) is 15.3. The molecule has 3 rings (SSSR count). The van der Waals surface area contributed by atoms with Crippen LogP contribution in [-0.2, 0) is 6.54 Å². The number of carbonyl (C=O) groups excluding carboxylic acids is 1. The molecule has 1 atom stereocenters. The van der Waals surface area contributed by atoms with Crippen molar-refractivity contribution in [1.82, 2.24) is 19.4 Å². The molecule has 0 bridgehead atoms. The van der Waals surface area contributed by atoms with Gasteiger partial charge in [-0.1, -0.05) is 31.2 Å². The van der Waals surface area contributed by atoms with Crippen LogP contribution in [0.5, 0.6) is 0 Å². The number of rotatable bonds is 8. The van der Waals surface area contributed by atoms with Gasteiger partial charge in [-0.25, -0.2) is 9.78 Å². The number of aromatic nitrogens is 2. The molecule has 7 heteroatoms. The first-order valence-electron chi connectivity index (χ1n) is 11.1. The van der Waals surface area contributed by atoms with Gasteiger partial charge in [0.05, 0.1) is 16.9 Å². The lowest BCUT2D eigenvalue weighted by Gasteiger charge is -2.31. The van der Waals surface area contributed by atoms with Gasteiger partial charge in [0.2, 0.25) is 0 Å². The number of hydrogen-bond acceptors (Lipinski definition) is 4. The number of aryl methyl sites for hydroxylation is 1. The van der Waals surface area contributed by atoms with Crippen LogP contribution in [0.1, 0.15) is 37.7 Å². The molecule has 0 radical (unpaired) electrons. The largest absolute Gasteiger partial charge is 0.322 e. The highest BCUT2D eigenvalue weighted by atomic mass is 16.2. The van der Waals surface area contributed by atoms with Crippen molar-refractivity contribution in [1.29, 1.82) is 0 Å². The Labute approximate surface area is 189 Å². The normalized spacial score (nSPS) is 12.2. The van der Waals surface area contributed by atoms with Crippen LogP contribution in [0.4, 0.5) is 10.5 Å². The Morgan fingerprint density at radius 2 is 1.88 bits per heavy atom. The van der Waals surface area contributed by atoms with Gasteiger partial charge >= 0.3 is 6.03 Å². The number of nitrogens with one attached hydrogen (secondary N) is 1. The third kappa shape index (κ3) is 5.34. The van der Waals surface area contributed by atoms with Gasteiger partial charge in [-0.3, -0.25) is 9.36 Å². The van der Waals surface area contributed by atoms with Crippen LogP contribution in [-0.4, -0.2) is 52.6 Å². The molecule has 1 unspecified atom stereocenters.